The molecule has 2 amide bonds. The molecule has 2 aliphatic rings. The summed E-state index contributed by atoms with van der Waals surface area (Å²) in [5.41, 5.74) is 3.20. The van der Waals surface area contributed by atoms with E-state index in [9.17, 15) is 9.59 Å². The second-order valence-electron chi connectivity index (χ2n) is 3.62. The van der Waals surface area contributed by atoms with E-state index in [1.54, 1.807) is 0 Å². The minimum Gasteiger partial charge on any atom is -0.288 e. The van der Waals surface area contributed by atoms with Gasteiger partial charge in [-0.1, -0.05) is 0 Å². The molecule has 15 heavy (non-hydrogen) atoms. The van der Waals surface area contributed by atoms with Crippen LogP contribution in [0.3, 0.4) is 0 Å². The molecule has 0 unspecified atom stereocenters. The van der Waals surface area contributed by atoms with Crippen molar-refractivity contribution in [1.29, 1.82) is 0 Å². The first-order chi connectivity index (χ1) is 7.11. The topological polar surface area (TPSA) is 46.2 Å². The van der Waals surface area contributed by atoms with Crippen LogP contribution in [0.5, 0.6) is 0 Å². The molecular formula is C10H5Br2NO2. The molecule has 5 heteroatoms. The maximum Gasteiger partial charge on any atom is 0.260 e. The quantitative estimate of drug-likeness (QED) is 0.741. The molecule has 0 saturated carbocycles. The number of nitrogens with one attached hydrogen (secondary N) is 1. The van der Waals surface area contributed by atoms with Gasteiger partial charge in [0.1, 0.15) is 0 Å². The fraction of sp³-hybridized carbons (Fsp3) is 0.200. The summed E-state index contributed by atoms with van der Waals surface area (Å²) < 4.78 is 1.60. The van der Waals surface area contributed by atoms with E-state index in [4.69, 9.17) is 0 Å². The van der Waals surface area contributed by atoms with Gasteiger partial charge >= 0.3 is 0 Å². The van der Waals surface area contributed by atoms with Gasteiger partial charge in [-0.05, 0) is 55.8 Å². The highest BCUT2D eigenvalue weighted by Gasteiger charge is 2.37. The van der Waals surface area contributed by atoms with Crippen LogP contribution in [0.25, 0.3) is 0 Å². The molecule has 1 heterocycles. The number of benzene rings is 1. The Labute approximate surface area is 102 Å². The highest BCUT2D eigenvalue weighted by molar-refractivity contribution is 9.13. The average Bonchev–Trinajstić information content (AvgIpc) is 2.38. The molecule has 0 spiro atoms. The molecule has 1 aromatic carbocycles. The molecule has 3 rings (SSSR count). The van der Waals surface area contributed by atoms with Crippen molar-refractivity contribution in [2.75, 3.05) is 0 Å². The summed E-state index contributed by atoms with van der Waals surface area (Å²) >= 11 is 6.80. The first-order valence-electron chi connectivity index (χ1n) is 4.49. The van der Waals surface area contributed by atoms with E-state index >= 15 is 0 Å². The minimum atomic E-state index is -0.308. The van der Waals surface area contributed by atoms with Crippen LogP contribution in [-0.4, -0.2) is 11.8 Å². The highest BCUT2D eigenvalue weighted by Crippen LogP contribution is 2.42. The second-order valence-corrected chi connectivity index (χ2v) is 5.20. The van der Waals surface area contributed by atoms with Crippen molar-refractivity contribution in [1.82, 2.24) is 5.32 Å². The molecule has 0 saturated heterocycles. The SMILES string of the molecule is O=C1NC(=O)c2c3c(c(Br)c(Br)c21)CC3. The molecule has 3 nitrogen and oxygen atoms in total. The molecule has 0 atom stereocenters. The fourth-order valence-electron chi connectivity index (χ4n) is 2.09. The molecule has 0 bridgehead atoms. The van der Waals surface area contributed by atoms with Gasteiger partial charge in [0.2, 0.25) is 0 Å². The summed E-state index contributed by atoms with van der Waals surface area (Å²) in [6.45, 7) is 0. The maximum absolute atomic E-state index is 11.6. The Morgan fingerprint density at radius 3 is 2.07 bits per heavy atom. The number of rotatable bonds is 0. The Hall–Kier alpha value is -0.680. The van der Waals surface area contributed by atoms with Crippen LogP contribution in [0.15, 0.2) is 8.95 Å². The van der Waals surface area contributed by atoms with E-state index < -0.39 is 0 Å². The van der Waals surface area contributed by atoms with Crippen LogP contribution >= 0.6 is 31.9 Å². The van der Waals surface area contributed by atoms with Gasteiger partial charge < -0.3 is 0 Å². The van der Waals surface area contributed by atoms with Crippen LogP contribution in [-0.2, 0) is 12.8 Å². The third kappa shape index (κ3) is 1.05. The molecule has 0 radical (unpaired) electrons. The lowest BCUT2D eigenvalue weighted by molar-refractivity contribution is 0.0879. The Morgan fingerprint density at radius 2 is 1.47 bits per heavy atom. The minimum absolute atomic E-state index is 0.265. The van der Waals surface area contributed by atoms with Gasteiger partial charge in [0.15, 0.2) is 0 Å². The van der Waals surface area contributed by atoms with Crippen LogP contribution in [0.4, 0.5) is 0 Å². The van der Waals surface area contributed by atoms with Crippen molar-refractivity contribution in [2.45, 2.75) is 12.8 Å². The van der Waals surface area contributed by atoms with E-state index in [-0.39, 0.29) is 11.8 Å². The van der Waals surface area contributed by atoms with E-state index in [0.717, 1.165) is 28.4 Å². The lowest BCUT2D eigenvalue weighted by Gasteiger charge is -2.23. The summed E-state index contributed by atoms with van der Waals surface area (Å²) in [7, 11) is 0. The van der Waals surface area contributed by atoms with Crippen LogP contribution in [0.1, 0.15) is 31.8 Å². The van der Waals surface area contributed by atoms with Crippen LogP contribution in [0, 0.1) is 0 Å². The number of carbonyl (C=O) groups excluding carboxylic acids is 2. The van der Waals surface area contributed by atoms with Crippen molar-refractivity contribution in [3.8, 4) is 0 Å². The Kier molecular flexibility index (Phi) is 1.86. The molecule has 0 aromatic heterocycles. The number of fused-ring (bicyclic) bond motifs is 3. The van der Waals surface area contributed by atoms with Gasteiger partial charge in [-0.3, -0.25) is 14.9 Å². The zero-order valence-electron chi connectivity index (χ0n) is 7.49. The van der Waals surface area contributed by atoms with E-state index in [1.165, 1.54) is 0 Å². The van der Waals surface area contributed by atoms with Gasteiger partial charge in [0.05, 0.1) is 11.1 Å². The molecule has 0 fully saturated rings. The Bertz CT molecular complexity index is 504. The molecule has 76 valence electrons. The zero-order chi connectivity index (χ0) is 10.7. The molecule has 1 aromatic rings. The number of carbonyl (C=O) groups is 2. The standard InChI is InChI=1S/C10H5Br2NO2/c11-7-4-2-1-3(4)5-6(8(7)12)10(15)13-9(5)14/h1-2H2,(H,13,14,15). The highest BCUT2D eigenvalue weighted by atomic mass is 79.9. The number of amides is 2. The fourth-order valence-corrected chi connectivity index (χ4v) is 3.34. The maximum atomic E-state index is 11.6. The molecule has 1 N–H and O–H groups in total. The lowest BCUT2D eigenvalue weighted by atomic mass is 9.83. The number of hydrogen-bond donors (Lipinski definition) is 1. The van der Waals surface area contributed by atoms with Gasteiger partial charge in [-0.2, -0.15) is 0 Å². The van der Waals surface area contributed by atoms with E-state index in [2.05, 4.69) is 37.2 Å². The van der Waals surface area contributed by atoms with Crippen molar-refractivity contribution in [2.24, 2.45) is 0 Å². The zero-order valence-corrected chi connectivity index (χ0v) is 10.7. The normalized spacial score (nSPS) is 16.9. The summed E-state index contributed by atoms with van der Waals surface area (Å²) in [4.78, 5) is 23.1. The van der Waals surface area contributed by atoms with Crippen LogP contribution in [0.2, 0.25) is 0 Å². The molecular weight excluding hydrogens is 326 g/mol. The predicted octanol–water partition coefficient (Wildman–Crippen LogP) is 2.19. The van der Waals surface area contributed by atoms with Gasteiger partial charge in [0, 0.05) is 8.95 Å². The number of halogens is 2. The predicted molar refractivity (Wildman–Crippen MR) is 61.0 cm³/mol. The average molecular weight is 331 g/mol. The Morgan fingerprint density at radius 1 is 0.867 bits per heavy atom. The van der Waals surface area contributed by atoms with Gasteiger partial charge in [0.25, 0.3) is 11.8 Å². The van der Waals surface area contributed by atoms with Crippen molar-refractivity contribution < 1.29 is 9.59 Å². The van der Waals surface area contributed by atoms with E-state index in [1.807, 2.05) is 0 Å². The molecule has 1 aliphatic heterocycles. The second kappa shape index (κ2) is 2.92. The largest absolute Gasteiger partial charge is 0.288 e. The van der Waals surface area contributed by atoms with Crippen molar-refractivity contribution in [3.63, 3.8) is 0 Å². The summed E-state index contributed by atoms with van der Waals surface area (Å²) in [6, 6.07) is 0. The number of hydrogen-bond acceptors (Lipinski definition) is 2. The first-order valence-corrected chi connectivity index (χ1v) is 6.08. The smallest absolute Gasteiger partial charge is 0.260 e. The molecule has 1 aliphatic carbocycles. The van der Waals surface area contributed by atoms with Crippen molar-refractivity contribution >= 4 is 43.7 Å². The van der Waals surface area contributed by atoms with Gasteiger partial charge in [-0.25, -0.2) is 0 Å². The summed E-state index contributed by atoms with van der Waals surface area (Å²) in [5.74, 6) is -0.573. The van der Waals surface area contributed by atoms with E-state index in [0.29, 0.717) is 15.6 Å². The third-order valence-electron chi connectivity index (χ3n) is 2.90. The van der Waals surface area contributed by atoms with Crippen LogP contribution < -0.4 is 5.32 Å². The third-order valence-corrected chi connectivity index (χ3v) is 5.10. The Balaban J connectivity index is 2.45. The summed E-state index contributed by atoms with van der Waals surface area (Å²) in [5, 5.41) is 2.32. The van der Waals surface area contributed by atoms with Gasteiger partial charge in [-0.15, -0.1) is 0 Å². The summed E-state index contributed by atoms with van der Waals surface area (Å²) in [6.07, 6.45) is 1.84. The number of imide groups is 1. The first kappa shape index (κ1) is 9.54. The van der Waals surface area contributed by atoms with Crippen molar-refractivity contribution in [3.05, 3.63) is 31.2 Å². The monoisotopic (exact) mass is 329 g/mol. The lowest BCUT2D eigenvalue weighted by Crippen LogP contribution is -2.21.